The Balaban J connectivity index is 1.61. The molecule has 1 aromatic rings. The van der Waals surface area contributed by atoms with E-state index in [0.717, 1.165) is 33.7 Å². The van der Waals surface area contributed by atoms with Crippen LogP contribution in [0.25, 0.3) is 6.08 Å². The molecule has 3 nitrogen and oxygen atoms in total. The number of aliphatic imine (C=N–C) groups is 1. The van der Waals surface area contributed by atoms with Crippen LogP contribution in [0.3, 0.4) is 0 Å². The lowest BCUT2D eigenvalue weighted by Gasteiger charge is -2.58. The zero-order valence-corrected chi connectivity index (χ0v) is 13.1. The van der Waals surface area contributed by atoms with E-state index < -0.39 is 0 Å². The molecular weight excluding hydrogens is 284 g/mol. The zero-order chi connectivity index (χ0) is 15.0. The van der Waals surface area contributed by atoms with Crippen molar-refractivity contribution in [1.82, 2.24) is 0 Å². The molecule has 116 valence electrons. The van der Waals surface area contributed by atoms with E-state index in [1.807, 2.05) is 12.1 Å². The van der Waals surface area contributed by atoms with Crippen LogP contribution in [0.5, 0.6) is 5.75 Å². The predicted molar refractivity (Wildman–Crippen MR) is 88.8 cm³/mol. The SMILES string of the molecule is C1=COc2ccc3c(c2=C1)=NC1(N=C3)C2CC3CC(C2)CC1C3. The van der Waals surface area contributed by atoms with Gasteiger partial charge in [0.2, 0.25) is 0 Å². The predicted octanol–water partition coefficient (Wildman–Crippen LogP) is 2.58. The number of fused-ring (bicyclic) bond motifs is 3. The van der Waals surface area contributed by atoms with Crippen LogP contribution >= 0.6 is 0 Å². The molecule has 4 fully saturated rings. The molecule has 0 unspecified atom stereocenters. The summed E-state index contributed by atoms with van der Waals surface area (Å²) in [5.41, 5.74) is 0.961. The summed E-state index contributed by atoms with van der Waals surface area (Å²) in [6, 6.07) is 4.13. The van der Waals surface area contributed by atoms with E-state index in [0.29, 0.717) is 11.8 Å². The van der Waals surface area contributed by atoms with Crippen LogP contribution in [0.1, 0.15) is 37.7 Å². The number of hydrogen-bond acceptors (Lipinski definition) is 3. The molecule has 0 saturated heterocycles. The summed E-state index contributed by atoms with van der Waals surface area (Å²) in [6.07, 6.45) is 14.7. The maximum absolute atomic E-state index is 5.67. The maximum Gasteiger partial charge on any atom is 0.156 e. The van der Waals surface area contributed by atoms with Gasteiger partial charge in [-0.2, -0.15) is 0 Å². The van der Waals surface area contributed by atoms with Crippen LogP contribution in [-0.4, -0.2) is 11.9 Å². The van der Waals surface area contributed by atoms with Crippen LogP contribution in [0.2, 0.25) is 0 Å². The van der Waals surface area contributed by atoms with Crippen LogP contribution in [0.4, 0.5) is 0 Å². The van der Waals surface area contributed by atoms with Crippen LogP contribution in [0, 0.1) is 23.7 Å². The molecule has 7 rings (SSSR count). The first-order chi connectivity index (χ1) is 11.3. The lowest BCUT2D eigenvalue weighted by Crippen LogP contribution is -2.58. The molecule has 0 amide bonds. The zero-order valence-electron chi connectivity index (χ0n) is 13.1. The Morgan fingerprint density at radius 2 is 1.78 bits per heavy atom. The highest BCUT2D eigenvalue weighted by Crippen LogP contribution is 2.60. The monoisotopic (exact) mass is 304 g/mol. The Morgan fingerprint density at radius 1 is 1.00 bits per heavy atom. The van der Waals surface area contributed by atoms with Crippen LogP contribution in [-0.2, 0) is 0 Å². The Labute approximate surface area is 135 Å². The van der Waals surface area contributed by atoms with Gasteiger partial charge in [-0.15, -0.1) is 0 Å². The minimum atomic E-state index is -0.176. The van der Waals surface area contributed by atoms with E-state index in [4.69, 9.17) is 14.7 Å². The molecule has 4 saturated carbocycles. The molecule has 0 radical (unpaired) electrons. The van der Waals surface area contributed by atoms with E-state index in [1.165, 1.54) is 32.1 Å². The third kappa shape index (κ3) is 1.55. The number of nitrogens with zero attached hydrogens (tertiary/aromatic N) is 2. The second kappa shape index (κ2) is 4.14. The summed E-state index contributed by atoms with van der Waals surface area (Å²) in [7, 11) is 0. The summed E-state index contributed by atoms with van der Waals surface area (Å²) in [6.45, 7) is 0. The molecule has 1 spiro atoms. The molecule has 3 heteroatoms. The minimum absolute atomic E-state index is 0.176. The highest BCUT2D eigenvalue weighted by molar-refractivity contribution is 5.81. The second-order valence-electron chi connectivity index (χ2n) is 7.99. The highest BCUT2D eigenvalue weighted by Gasteiger charge is 2.57. The van der Waals surface area contributed by atoms with Gasteiger partial charge in [0.05, 0.1) is 11.6 Å². The van der Waals surface area contributed by atoms with Gasteiger partial charge in [0.1, 0.15) is 5.75 Å². The number of benzene rings is 1. The molecule has 0 N–H and O–H groups in total. The van der Waals surface area contributed by atoms with Gasteiger partial charge in [-0.05, 0) is 68.2 Å². The Kier molecular flexibility index (Phi) is 2.25. The standard InChI is InChI=1S/C20H20N2O/c1-2-17-18(23-5-1)4-3-14-11-21-20(22-19(14)17)15-7-12-6-13(9-15)10-16(20)8-12/h1-5,11-13,15-16H,6-10H2. The van der Waals surface area contributed by atoms with Gasteiger partial charge in [0.25, 0.3) is 0 Å². The van der Waals surface area contributed by atoms with E-state index in [2.05, 4.69) is 18.4 Å². The molecule has 0 atom stereocenters. The quantitative estimate of drug-likeness (QED) is 0.725. The second-order valence-corrected chi connectivity index (χ2v) is 7.99. The summed E-state index contributed by atoms with van der Waals surface area (Å²) in [4.78, 5) is 10.4. The fraction of sp³-hybridized carbons (Fsp3) is 0.500. The summed E-state index contributed by atoms with van der Waals surface area (Å²) in [5.74, 6) is 4.11. The lowest BCUT2D eigenvalue weighted by atomic mass is 9.51. The van der Waals surface area contributed by atoms with Crippen molar-refractivity contribution in [3.63, 3.8) is 0 Å². The van der Waals surface area contributed by atoms with Gasteiger partial charge in [0, 0.05) is 28.8 Å². The van der Waals surface area contributed by atoms with Crippen molar-refractivity contribution >= 4 is 12.3 Å². The fourth-order valence-electron chi connectivity index (χ4n) is 6.00. The van der Waals surface area contributed by atoms with Gasteiger partial charge in [-0.25, -0.2) is 0 Å². The molecule has 2 heterocycles. The van der Waals surface area contributed by atoms with Crippen molar-refractivity contribution in [2.45, 2.75) is 37.8 Å². The van der Waals surface area contributed by atoms with Crippen LogP contribution < -0.4 is 15.3 Å². The number of ether oxygens (including phenoxy) is 1. The minimum Gasteiger partial charge on any atom is -0.464 e. The smallest absolute Gasteiger partial charge is 0.156 e. The van der Waals surface area contributed by atoms with Crippen molar-refractivity contribution in [3.8, 4) is 5.75 Å². The van der Waals surface area contributed by atoms with E-state index in [1.54, 1.807) is 6.26 Å². The highest BCUT2D eigenvalue weighted by atomic mass is 16.5. The maximum atomic E-state index is 5.67. The Morgan fingerprint density at radius 3 is 2.57 bits per heavy atom. The van der Waals surface area contributed by atoms with Gasteiger partial charge in [-0.3, -0.25) is 9.98 Å². The third-order valence-corrected chi connectivity index (χ3v) is 6.79. The summed E-state index contributed by atoms with van der Waals surface area (Å²) < 4.78 is 5.67. The van der Waals surface area contributed by atoms with Gasteiger partial charge < -0.3 is 4.74 Å². The number of allylic oxidation sites excluding steroid dienone is 1. The number of rotatable bonds is 0. The molecule has 0 aromatic heterocycles. The van der Waals surface area contributed by atoms with Gasteiger partial charge >= 0.3 is 0 Å². The number of hydrogen-bond donors (Lipinski definition) is 0. The third-order valence-electron chi connectivity index (χ3n) is 6.79. The largest absolute Gasteiger partial charge is 0.464 e. The van der Waals surface area contributed by atoms with Crippen molar-refractivity contribution < 1.29 is 4.74 Å². The molecule has 2 aliphatic heterocycles. The van der Waals surface area contributed by atoms with Gasteiger partial charge in [-0.1, -0.05) is 0 Å². The topological polar surface area (TPSA) is 34.0 Å². The van der Waals surface area contributed by atoms with Crippen molar-refractivity contribution in [2.24, 2.45) is 33.7 Å². The van der Waals surface area contributed by atoms with Crippen molar-refractivity contribution in [1.29, 1.82) is 0 Å². The van der Waals surface area contributed by atoms with E-state index in [9.17, 15) is 0 Å². The summed E-state index contributed by atoms with van der Waals surface area (Å²) in [5, 5.41) is 2.23. The molecule has 4 bridgehead atoms. The first-order valence-electron chi connectivity index (χ1n) is 8.93. The van der Waals surface area contributed by atoms with Crippen LogP contribution in [0.15, 0.2) is 34.5 Å². The van der Waals surface area contributed by atoms with E-state index >= 15 is 0 Å². The molecule has 1 aromatic carbocycles. The Hall–Kier alpha value is -1.90. The van der Waals surface area contributed by atoms with Gasteiger partial charge in [0.15, 0.2) is 5.66 Å². The van der Waals surface area contributed by atoms with Crippen molar-refractivity contribution in [3.05, 3.63) is 40.6 Å². The average molecular weight is 304 g/mol. The van der Waals surface area contributed by atoms with E-state index in [-0.39, 0.29) is 5.66 Å². The molecule has 6 aliphatic rings. The normalized spacial score (nSPS) is 41.0. The summed E-state index contributed by atoms with van der Waals surface area (Å²) >= 11 is 0. The average Bonchev–Trinajstić information content (AvgIpc) is 2.59. The molecule has 4 aliphatic carbocycles. The lowest BCUT2D eigenvalue weighted by molar-refractivity contribution is -0.0516. The first kappa shape index (κ1) is 12.5. The Bertz CT molecular complexity index is 852. The van der Waals surface area contributed by atoms with Crippen molar-refractivity contribution in [2.75, 3.05) is 0 Å². The molecular formula is C20H20N2O. The fourth-order valence-corrected chi connectivity index (χ4v) is 6.00. The molecule has 23 heavy (non-hydrogen) atoms. The first-order valence-corrected chi connectivity index (χ1v) is 8.93.